The first-order chi connectivity index (χ1) is 11.5. The maximum absolute atomic E-state index is 13.1. The number of nitrogens with zero attached hydrogens (tertiary/aromatic N) is 1. The van der Waals surface area contributed by atoms with Crippen LogP contribution < -0.4 is 5.32 Å². The number of hydrogen-bond acceptors (Lipinski definition) is 3. The molecular weight excluding hydrogens is 319 g/mol. The first kappa shape index (κ1) is 15.9. The Balaban J connectivity index is 1.92. The highest BCUT2D eigenvalue weighted by molar-refractivity contribution is 5.80. The van der Waals surface area contributed by atoms with Crippen molar-refractivity contribution in [2.45, 2.75) is 31.0 Å². The molecule has 24 heavy (non-hydrogen) atoms. The minimum atomic E-state index is -4.49. The summed E-state index contributed by atoms with van der Waals surface area (Å²) in [4.78, 5) is 6.31. The number of rotatable bonds is 2. The highest BCUT2D eigenvalue weighted by atomic mass is 19.4. The normalized spacial score (nSPS) is 30.7. The van der Waals surface area contributed by atoms with Crippen molar-refractivity contribution in [3.63, 3.8) is 0 Å². The maximum atomic E-state index is 13.1. The number of benzene rings is 1. The Hall–Kier alpha value is -1.60. The van der Waals surface area contributed by atoms with E-state index in [4.69, 9.17) is 4.74 Å². The molecule has 2 bridgehead atoms. The first-order valence-electron chi connectivity index (χ1n) is 8.29. The molecule has 2 aliphatic rings. The number of halogens is 3. The average molecular weight is 339 g/mol. The van der Waals surface area contributed by atoms with Crippen molar-refractivity contribution in [3.05, 3.63) is 29.6 Å². The Bertz CT molecular complexity index is 733. The van der Waals surface area contributed by atoms with Gasteiger partial charge in [-0.05, 0) is 18.9 Å². The van der Waals surface area contributed by atoms with E-state index in [1.165, 1.54) is 0 Å². The number of ether oxygens (including phenoxy) is 1. The number of aromatic amines is 1. The van der Waals surface area contributed by atoms with Gasteiger partial charge >= 0.3 is 6.18 Å². The van der Waals surface area contributed by atoms with Gasteiger partial charge in [0, 0.05) is 37.6 Å². The molecule has 7 heteroatoms. The zero-order valence-corrected chi connectivity index (χ0v) is 13.4. The molecule has 0 spiro atoms. The van der Waals surface area contributed by atoms with Gasteiger partial charge in [0.05, 0.1) is 11.0 Å². The number of hydrogen-bond donors (Lipinski definition) is 2. The van der Waals surface area contributed by atoms with E-state index in [0.717, 1.165) is 37.9 Å². The third kappa shape index (κ3) is 2.18. The van der Waals surface area contributed by atoms with Gasteiger partial charge in [0.1, 0.15) is 5.60 Å². The van der Waals surface area contributed by atoms with Gasteiger partial charge < -0.3 is 15.0 Å². The van der Waals surface area contributed by atoms with E-state index in [2.05, 4.69) is 15.3 Å². The molecule has 1 aliphatic heterocycles. The molecule has 1 saturated carbocycles. The van der Waals surface area contributed by atoms with E-state index in [1.54, 1.807) is 19.2 Å². The van der Waals surface area contributed by atoms with Crippen LogP contribution in [0, 0.1) is 11.8 Å². The van der Waals surface area contributed by atoms with Crippen LogP contribution in [0.3, 0.4) is 0 Å². The minimum absolute atomic E-state index is 0.242. The van der Waals surface area contributed by atoms with Crippen LogP contribution in [0.4, 0.5) is 13.2 Å². The fourth-order valence-electron chi connectivity index (χ4n) is 4.68. The topological polar surface area (TPSA) is 49.9 Å². The molecule has 1 saturated heterocycles. The summed E-state index contributed by atoms with van der Waals surface area (Å²) in [5.41, 5.74) is 1.00. The number of H-pyrrole nitrogens is 1. The molecular formula is C17H20F3N3O. The van der Waals surface area contributed by atoms with E-state index >= 15 is 0 Å². The van der Waals surface area contributed by atoms with E-state index < -0.39 is 17.6 Å². The molecule has 2 atom stereocenters. The van der Waals surface area contributed by atoms with Crippen LogP contribution in [-0.4, -0.2) is 30.2 Å². The Morgan fingerprint density at radius 2 is 1.92 bits per heavy atom. The number of fused-ring (bicyclic) bond motifs is 3. The summed E-state index contributed by atoms with van der Waals surface area (Å²) in [5, 5.41) is 3.43. The Labute approximate surface area is 137 Å². The molecule has 130 valence electrons. The summed E-state index contributed by atoms with van der Waals surface area (Å²) < 4.78 is 45.3. The number of imidazole rings is 1. The largest absolute Gasteiger partial charge is 0.449 e. The molecule has 1 aromatic carbocycles. The number of alkyl halides is 3. The highest BCUT2D eigenvalue weighted by Crippen LogP contribution is 2.51. The predicted octanol–water partition coefficient (Wildman–Crippen LogP) is 3.44. The van der Waals surface area contributed by atoms with Gasteiger partial charge in [-0.3, -0.25) is 0 Å². The molecule has 4 rings (SSSR count). The van der Waals surface area contributed by atoms with Crippen molar-refractivity contribution >= 4 is 11.0 Å². The lowest BCUT2D eigenvalue weighted by Gasteiger charge is -2.52. The number of methoxy groups -OCH3 is 1. The van der Waals surface area contributed by atoms with E-state index in [-0.39, 0.29) is 11.8 Å². The molecule has 1 aromatic heterocycles. The molecule has 2 aromatic rings. The van der Waals surface area contributed by atoms with Crippen molar-refractivity contribution < 1.29 is 17.9 Å². The average Bonchev–Trinajstić information content (AvgIpc) is 2.98. The SMILES string of the molecule is COC1(c2cccc3[nH]c(C(F)(F)F)nc23)C2CCCC1CNC2. The molecule has 2 N–H and O–H groups in total. The summed E-state index contributed by atoms with van der Waals surface area (Å²) in [7, 11) is 1.67. The third-order valence-electron chi connectivity index (χ3n) is 5.64. The van der Waals surface area contributed by atoms with Crippen LogP contribution >= 0.6 is 0 Å². The van der Waals surface area contributed by atoms with Crippen LogP contribution in [0.25, 0.3) is 11.0 Å². The smallest absolute Gasteiger partial charge is 0.373 e. The summed E-state index contributed by atoms with van der Waals surface area (Å²) in [5.74, 6) is -0.464. The van der Waals surface area contributed by atoms with Gasteiger partial charge in [0.2, 0.25) is 5.82 Å². The molecule has 2 heterocycles. The zero-order valence-electron chi connectivity index (χ0n) is 13.4. The molecule has 2 fully saturated rings. The zero-order chi connectivity index (χ0) is 16.9. The lowest BCUT2D eigenvalue weighted by atomic mass is 9.62. The van der Waals surface area contributed by atoms with Crippen LogP contribution in [-0.2, 0) is 16.5 Å². The van der Waals surface area contributed by atoms with E-state index in [9.17, 15) is 13.2 Å². The fourth-order valence-corrected chi connectivity index (χ4v) is 4.68. The Morgan fingerprint density at radius 1 is 1.21 bits per heavy atom. The van der Waals surface area contributed by atoms with Gasteiger partial charge in [-0.1, -0.05) is 18.6 Å². The standard InChI is InChI=1S/C17H20F3N3O/c1-24-16(10-4-2-5-11(16)9-21-8-10)12-6-3-7-13-14(12)23-15(22-13)17(18,19)20/h3,6-7,10-11,21H,2,4-5,8-9H2,1H3,(H,22,23). The van der Waals surface area contributed by atoms with E-state index in [1.807, 2.05) is 6.07 Å². The van der Waals surface area contributed by atoms with Crippen LogP contribution in [0.15, 0.2) is 18.2 Å². The Morgan fingerprint density at radius 3 is 2.54 bits per heavy atom. The summed E-state index contributed by atoms with van der Waals surface area (Å²) in [6.07, 6.45) is -1.35. The molecule has 2 unspecified atom stereocenters. The lowest BCUT2D eigenvalue weighted by Crippen LogP contribution is -2.57. The van der Waals surface area contributed by atoms with Crippen molar-refractivity contribution in [1.29, 1.82) is 0 Å². The van der Waals surface area contributed by atoms with Crippen LogP contribution in [0.2, 0.25) is 0 Å². The molecule has 0 radical (unpaired) electrons. The van der Waals surface area contributed by atoms with Crippen LogP contribution in [0.5, 0.6) is 0 Å². The first-order valence-corrected chi connectivity index (χ1v) is 8.29. The highest BCUT2D eigenvalue weighted by Gasteiger charge is 2.52. The Kier molecular flexibility index (Phi) is 3.61. The minimum Gasteiger partial charge on any atom is -0.373 e. The second-order valence-electron chi connectivity index (χ2n) is 6.77. The van der Waals surface area contributed by atoms with Gasteiger partial charge in [0.15, 0.2) is 0 Å². The number of aromatic nitrogens is 2. The van der Waals surface area contributed by atoms with Crippen molar-refractivity contribution in [1.82, 2.24) is 15.3 Å². The number of nitrogens with one attached hydrogen (secondary N) is 2. The lowest BCUT2D eigenvalue weighted by molar-refractivity contribution is -0.145. The van der Waals surface area contributed by atoms with E-state index in [0.29, 0.717) is 11.0 Å². The second-order valence-corrected chi connectivity index (χ2v) is 6.77. The van der Waals surface area contributed by atoms with Gasteiger partial charge in [0.25, 0.3) is 0 Å². The molecule has 1 aliphatic carbocycles. The number of para-hydroxylation sites is 1. The maximum Gasteiger partial charge on any atom is 0.449 e. The predicted molar refractivity (Wildman–Crippen MR) is 83.5 cm³/mol. The summed E-state index contributed by atoms with van der Waals surface area (Å²) in [6.45, 7) is 1.63. The second kappa shape index (κ2) is 5.46. The molecule has 4 nitrogen and oxygen atoms in total. The summed E-state index contributed by atoms with van der Waals surface area (Å²) >= 11 is 0. The van der Waals surface area contributed by atoms with Crippen molar-refractivity contribution in [2.75, 3.05) is 20.2 Å². The monoisotopic (exact) mass is 339 g/mol. The quantitative estimate of drug-likeness (QED) is 0.881. The van der Waals surface area contributed by atoms with Crippen molar-refractivity contribution in [2.24, 2.45) is 11.8 Å². The number of piperidine rings is 1. The molecule has 0 amide bonds. The van der Waals surface area contributed by atoms with Gasteiger partial charge in [-0.15, -0.1) is 0 Å². The van der Waals surface area contributed by atoms with Gasteiger partial charge in [-0.2, -0.15) is 13.2 Å². The van der Waals surface area contributed by atoms with Gasteiger partial charge in [-0.25, -0.2) is 4.98 Å². The van der Waals surface area contributed by atoms with Crippen LogP contribution in [0.1, 0.15) is 30.7 Å². The summed E-state index contributed by atoms with van der Waals surface area (Å²) in [6, 6.07) is 5.30. The third-order valence-corrected chi connectivity index (χ3v) is 5.64. The van der Waals surface area contributed by atoms with Crippen molar-refractivity contribution in [3.8, 4) is 0 Å². The fraction of sp³-hybridized carbons (Fsp3) is 0.588.